The van der Waals surface area contributed by atoms with Crippen LogP contribution in [0.1, 0.15) is 6.92 Å². The molecule has 0 radical (unpaired) electrons. The van der Waals surface area contributed by atoms with Crippen LogP contribution in [0.2, 0.25) is 0 Å². The van der Waals surface area contributed by atoms with Crippen LogP contribution in [0.4, 0.5) is 13.2 Å². The molecule has 13 heavy (non-hydrogen) atoms. The fraction of sp³-hybridized carbons (Fsp3) is 0.500. The van der Waals surface area contributed by atoms with E-state index in [0.29, 0.717) is 0 Å². The summed E-state index contributed by atoms with van der Waals surface area (Å²) in [5.74, 6) is 0. The largest absolute Gasteiger partial charge is 0.414 e. The summed E-state index contributed by atoms with van der Waals surface area (Å²) in [5, 5.41) is 2.63. The molecule has 1 N–H and O–H groups in total. The first-order valence-corrected chi connectivity index (χ1v) is 3.82. The summed E-state index contributed by atoms with van der Waals surface area (Å²) < 4.78 is 40.7. The number of hydrogen-bond donors (Lipinski definition) is 1. The number of alkyl halides is 3. The first kappa shape index (κ1) is 10.1. The first-order chi connectivity index (χ1) is 6.00. The van der Waals surface area contributed by atoms with E-state index >= 15 is 0 Å². The Hall–Kier alpha value is -0.970. The Kier molecular flexibility index (Phi) is 2.98. The number of allylic oxidation sites excluding steroid dienone is 2. The second-order valence-corrected chi connectivity index (χ2v) is 2.65. The maximum absolute atomic E-state index is 12.0. The maximum atomic E-state index is 12.0. The van der Waals surface area contributed by atoms with Crippen molar-refractivity contribution in [2.24, 2.45) is 0 Å². The molecule has 2 unspecified atom stereocenters. The lowest BCUT2D eigenvalue weighted by atomic mass is 10.3. The minimum Gasteiger partial charge on any atom is -0.363 e. The van der Waals surface area contributed by atoms with Crippen molar-refractivity contribution in [3.63, 3.8) is 0 Å². The molecule has 1 heterocycles. The van der Waals surface area contributed by atoms with E-state index in [2.05, 4.69) is 10.1 Å². The lowest BCUT2D eigenvalue weighted by molar-refractivity contribution is -0.223. The topological polar surface area (TPSA) is 21.3 Å². The van der Waals surface area contributed by atoms with Gasteiger partial charge in [0.1, 0.15) is 6.23 Å². The van der Waals surface area contributed by atoms with E-state index in [1.54, 1.807) is 12.2 Å². The van der Waals surface area contributed by atoms with Crippen molar-refractivity contribution in [2.45, 2.75) is 25.4 Å². The Morgan fingerprint density at radius 2 is 2.08 bits per heavy atom. The van der Waals surface area contributed by atoms with Crippen LogP contribution in [0.5, 0.6) is 0 Å². The molecule has 2 nitrogen and oxygen atoms in total. The summed E-state index contributed by atoms with van der Waals surface area (Å²) in [4.78, 5) is 0. The molecule has 0 bridgehead atoms. The van der Waals surface area contributed by atoms with Gasteiger partial charge in [0.25, 0.3) is 0 Å². The van der Waals surface area contributed by atoms with Crippen LogP contribution in [-0.4, -0.2) is 18.5 Å². The quantitative estimate of drug-likeness (QED) is 0.723. The number of hydrogen-bond acceptors (Lipinski definition) is 2. The Bertz CT molecular complexity index is 222. The van der Waals surface area contributed by atoms with Crippen molar-refractivity contribution in [1.82, 2.24) is 5.32 Å². The fourth-order valence-corrected chi connectivity index (χ4v) is 0.808. The van der Waals surface area contributed by atoms with Crippen LogP contribution in [-0.2, 0) is 4.74 Å². The number of dihydropyridines is 1. The lowest BCUT2D eigenvalue weighted by Gasteiger charge is -2.23. The SMILES string of the molecule is CC(OC1C=CC=CN1)C(F)(F)F. The first-order valence-electron chi connectivity index (χ1n) is 3.82. The molecule has 0 fully saturated rings. The smallest absolute Gasteiger partial charge is 0.363 e. The Morgan fingerprint density at radius 1 is 1.38 bits per heavy atom. The summed E-state index contributed by atoms with van der Waals surface area (Å²) >= 11 is 0. The number of rotatable bonds is 2. The van der Waals surface area contributed by atoms with Gasteiger partial charge in [0, 0.05) is 0 Å². The summed E-state index contributed by atoms with van der Waals surface area (Å²) in [7, 11) is 0. The Balaban J connectivity index is 2.41. The summed E-state index contributed by atoms with van der Waals surface area (Å²) in [6.45, 7) is 0.980. The molecule has 1 rings (SSSR count). The van der Waals surface area contributed by atoms with Crippen molar-refractivity contribution >= 4 is 0 Å². The standard InChI is InChI=1S/C8H10F3NO/c1-6(8(9,10)11)13-7-4-2-3-5-12-7/h2-7,12H,1H3. The highest BCUT2D eigenvalue weighted by molar-refractivity contribution is 5.09. The van der Waals surface area contributed by atoms with Crippen LogP contribution in [0.25, 0.3) is 0 Å². The van der Waals surface area contributed by atoms with Gasteiger partial charge in [0.15, 0.2) is 6.10 Å². The van der Waals surface area contributed by atoms with Gasteiger partial charge < -0.3 is 10.1 Å². The van der Waals surface area contributed by atoms with Crippen LogP contribution in [0.3, 0.4) is 0 Å². The zero-order chi connectivity index (χ0) is 9.90. The van der Waals surface area contributed by atoms with E-state index in [4.69, 9.17) is 0 Å². The number of ether oxygens (including phenoxy) is 1. The molecule has 0 aliphatic carbocycles. The van der Waals surface area contributed by atoms with Gasteiger partial charge in [-0.2, -0.15) is 13.2 Å². The van der Waals surface area contributed by atoms with E-state index < -0.39 is 18.5 Å². The molecule has 1 aliphatic rings. The van der Waals surface area contributed by atoms with E-state index in [1.165, 1.54) is 12.3 Å². The normalized spacial score (nSPS) is 24.2. The number of nitrogens with one attached hydrogen (secondary N) is 1. The summed E-state index contributed by atoms with van der Waals surface area (Å²) in [6, 6.07) is 0. The predicted octanol–water partition coefficient (Wildman–Crippen LogP) is 1.95. The van der Waals surface area contributed by atoms with Crippen LogP contribution in [0.15, 0.2) is 24.4 Å². The molecule has 2 atom stereocenters. The molecule has 0 spiro atoms. The number of halogens is 3. The zero-order valence-electron chi connectivity index (χ0n) is 7.01. The van der Waals surface area contributed by atoms with Crippen LogP contribution in [0, 0.1) is 0 Å². The maximum Gasteiger partial charge on any atom is 0.414 e. The molecule has 74 valence electrons. The average Bonchev–Trinajstić information content (AvgIpc) is 2.04. The second-order valence-electron chi connectivity index (χ2n) is 2.65. The van der Waals surface area contributed by atoms with E-state index in [9.17, 15) is 13.2 Å². The minimum absolute atomic E-state index is 0.693. The zero-order valence-corrected chi connectivity index (χ0v) is 7.01. The average molecular weight is 193 g/mol. The fourth-order valence-electron chi connectivity index (χ4n) is 0.808. The lowest BCUT2D eigenvalue weighted by Crippen LogP contribution is -2.37. The Morgan fingerprint density at radius 3 is 2.54 bits per heavy atom. The highest BCUT2D eigenvalue weighted by atomic mass is 19.4. The minimum atomic E-state index is -4.31. The van der Waals surface area contributed by atoms with Gasteiger partial charge in [-0.15, -0.1) is 0 Å². The second kappa shape index (κ2) is 3.83. The molecule has 0 amide bonds. The monoisotopic (exact) mass is 193 g/mol. The summed E-state index contributed by atoms with van der Waals surface area (Å²) in [6.07, 6.45) is -0.405. The van der Waals surface area contributed by atoms with Crippen molar-refractivity contribution in [1.29, 1.82) is 0 Å². The predicted molar refractivity (Wildman–Crippen MR) is 41.8 cm³/mol. The third kappa shape index (κ3) is 3.10. The highest BCUT2D eigenvalue weighted by Crippen LogP contribution is 2.23. The third-order valence-corrected chi connectivity index (χ3v) is 1.57. The van der Waals surface area contributed by atoms with E-state index in [0.717, 1.165) is 6.92 Å². The molecule has 0 aromatic carbocycles. The highest BCUT2D eigenvalue weighted by Gasteiger charge is 2.38. The van der Waals surface area contributed by atoms with Gasteiger partial charge in [-0.05, 0) is 25.3 Å². The molecule has 1 aliphatic heterocycles. The van der Waals surface area contributed by atoms with Crippen molar-refractivity contribution in [2.75, 3.05) is 0 Å². The van der Waals surface area contributed by atoms with Gasteiger partial charge in [0.2, 0.25) is 0 Å². The molecule has 0 saturated heterocycles. The van der Waals surface area contributed by atoms with E-state index in [-0.39, 0.29) is 0 Å². The molecular formula is C8H10F3NO. The Labute approximate surface area is 74.1 Å². The molecule has 0 aromatic rings. The van der Waals surface area contributed by atoms with Gasteiger partial charge >= 0.3 is 6.18 Å². The van der Waals surface area contributed by atoms with Crippen LogP contribution < -0.4 is 5.32 Å². The molecule has 0 saturated carbocycles. The van der Waals surface area contributed by atoms with E-state index in [1.807, 2.05) is 0 Å². The molecular weight excluding hydrogens is 183 g/mol. The van der Waals surface area contributed by atoms with Gasteiger partial charge in [-0.3, -0.25) is 0 Å². The third-order valence-electron chi connectivity index (χ3n) is 1.57. The van der Waals surface area contributed by atoms with Gasteiger partial charge in [-0.1, -0.05) is 6.08 Å². The van der Waals surface area contributed by atoms with Crippen molar-refractivity contribution in [3.05, 3.63) is 24.4 Å². The summed E-state index contributed by atoms with van der Waals surface area (Å²) in [5.41, 5.74) is 0. The van der Waals surface area contributed by atoms with Crippen LogP contribution >= 0.6 is 0 Å². The molecule has 5 heteroatoms. The van der Waals surface area contributed by atoms with Gasteiger partial charge in [-0.25, -0.2) is 0 Å². The van der Waals surface area contributed by atoms with Gasteiger partial charge in [0.05, 0.1) is 0 Å². The molecule has 0 aromatic heterocycles. The van der Waals surface area contributed by atoms with Crippen molar-refractivity contribution < 1.29 is 17.9 Å². The van der Waals surface area contributed by atoms with Crippen molar-refractivity contribution in [3.8, 4) is 0 Å².